The molecule has 0 unspecified atom stereocenters. The minimum absolute atomic E-state index is 0.259. The predicted octanol–water partition coefficient (Wildman–Crippen LogP) is 3.27. The Kier molecular flexibility index (Phi) is 3.14. The number of nitrogens with zero attached hydrogens (tertiary/aromatic N) is 4. The van der Waals surface area contributed by atoms with Gasteiger partial charge >= 0.3 is 0 Å². The van der Waals surface area contributed by atoms with E-state index in [0.717, 1.165) is 12.5 Å². The van der Waals surface area contributed by atoms with Crippen LogP contribution < -0.4 is 0 Å². The van der Waals surface area contributed by atoms with Gasteiger partial charge in [0.2, 0.25) is 17.5 Å². The fourth-order valence-corrected chi connectivity index (χ4v) is 2.93. The summed E-state index contributed by atoms with van der Waals surface area (Å²) in [6.07, 6.45) is 5.42. The lowest BCUT2D eigenvalue weighted by atomic mass is 9.64. The van der Waals surface area contributed by atoms with Crippen LogP contribution in [0.4, 0.5) is 8.78 Å². The van der Waals surface area contributed by atoms with Gasteiger partial charge in [0, 0.05) is 24.0 Å². The van der Waals surface area contributed by atoms with E-state index in [4.69, 9.17) is 4.52 Å². The van der Waals surface area contributed by atoms with Gasteiger partial charge in [0.1, 0.15) is 11.6 Å². The molecule has 0 aliphatic heterocycles. The standard InChI is InChI=1S/C16H12F2N4O/c17-10-3-4-11(12(18)9-10)16(5-1-6-16)15-21-14(22-23-15)13-19-7-2-8-20-13/h2-4,7-9H,1,5-6H2. The molecule has 2 heterocycles. The molecular formula is C16H12F2N4O. The van der Waals surface area contributed by atoms with Crippen molar-refractivity contribution in [3.05, 3.63) is 59.7 Å². The van der Waals surface area contributed by atoms with Crippen LogP contribution in [0.25, 0.3) is 11.6 Å². The number of hydrogen-bond acceptors (Lipinski definition) is 5. The molecule has 23 heavy (non-hydrogen) atoms. The van der Waals surface area contributed by atoms with Gasteiger partial charge in [-0.2, -0.15) is 4.98 Å². The maximum atomic E-state index is 14.2. The molecule has 2 aromatic heterocycles. The van der Waals surface area contributed by atoms with E-state index in [1.165, 1.54) is 12.1 Å². The fraction of sp³-hybridized carbons (Fsp3) is 0.250. The summed E-state index contributed by atoms with van der Waals surface area (Å²) in [5.74, 6) is -0.285. The quantitative estimate of drug-likeness (QED) is 0.742. The average Bonchev–Trinajstić information content (AvgIpc) is 2.99. The van der Waals surface area contributed by atoms with Crippen LogP contribution in [0, 0.1) is 11.6 Å². The maximum Gasteiger partial charge on any atom is 0.240 e. The second-order valence-corrected chi connectivity index (χ2v) is 5.56. The Morgan fingerprint density at radius 3 is 2.48 bits per heavy atom. The van der Waals surface area contributed by atoms with Crippen LogP contribution in [0.5, 0.6) is 0 Å². The third-order valence-electron chi connectivity index (χ3n) is 4.25. The van der Waals surface area contributed by atoms with Crippen molar-refractivity contribution < 1.29 is 13.3 Å². The van der Waals surface area contributed by atoms with E-state index in [2.05, 4.69) is 20.1 Å². The molecule has 1 aliphatic rings. The van der Waals surface area contributed by atoms with E-state index >= 15 is 0 Å². The molecule has 0 atom stereocenters. The molecule has 3 aromatic rings. The first-order valence-electron chi connectivity index (χ1n) is 7.26. The zero-order chi connectivity index (χ0) is 15.9. The van der Waals surface area contributed by atoms with E-state index < -0.39 is 17.0 Å². The number of halogens is 2. The van der Waals surface area contributed by atoms with Gasteiger partial charge in [0.05, 0.1) is 5.41 Å². The minimum Gasteiger partial charge on any atom is -0.338 e. The smallest absolute Gasteiger partial charge is 0.240 e. The van der Waals surface area contributed by atoms with Crippen molar-refractivity contribution in [3.63, 3.8) is 0 Å². The van der Waals surface area contributed by atoms with Crippen LogP contribution in [-0.4, -0.2) is 20.1 Å². The van der Waals surface area contributed by atoms with Gasteiger partial charge in [-0.1, -0.05) is 17.6 Å². The first kappa shape index (κ1) is 13.9. The van der Waals surface area contributed by atoms with Crippen LogP contribution in [-0.2, 0) is 5.41 Å². The molecule has 1 aliphatic carbocycles. The fourth-order valence-electron chi connectivity index (χ4n) is 2.93. The lowest BCUT2D eigenvalue weighted by Crippen LogP contribution is -2.36. The van der Waals surface area contributed by atoms with Crippen molar-refractivity contribution in [2.75, 3.05) is 0 Å². The molecule has 1 fully saturated rings. The third kappa shape index (κ3) is 2.19. The summed E-state index contributed by atoms with van der Waals surface area (Å²) in [6.45, 7) is 0. The molecule has 4 rings (SSSR count). The van der Waals surface area contributed by atoms with E-state index in [9.17, 15) is 8.78 Å². The highest BCUT2D eigenvalue weighted by Gasteiger charge is 2.47. The Balaban J connectivity index is 1.77. The first-order valence-corrected chi connectivity index (χ1v) is 7.26. The Bertz CT molecular complexity index is 846. The SMILES string of the molecule is Fc1ccc(C2(c3nc(-c4ncccn4)no3)CCC2)c(F)c1. The molecule has 7 heteroatoms. The average molecular weight is 314 g/mol. The molecule has 116 valence electrons. The van der Waals surface area contributed by atoms with Crippen molar-refractivity contribution in [3.8, 4) is 11.6 Å². The van der Waals surface area contributed by atoms with Crippen LogP contribution in [0.1, 0.15) is 30.7 Å². The van der Waals surface area contributed by atoms with Crippen LogP contribution in [0.2, 0.25) is 0 Å². The summed E-state index contributed by atoms with van der Waals surface area (Å²) < 4.78 is 32.8. The van der Waals surface area contributed by atoms with Crippen molar-refractivity contribution in [2.45, 2.75) is 24.7 Å². The van der Waals surface area contributed by atoms with Crippen molar-refractivity contribution >= 4 is 0 Å². The normalized spacial score (nSPS) is 16.1. The van der Waals surface area contributed by atoms with Crippen molar-refractivity contribution in [2.24, 2.45) is 0 Å². The molecule has 1 saturated carbocycles. The summed E-state index contributed by atoms with van der Waals surface area (Å²) in [7, 11) is 0. The topological polar surface area (TPSA) is 64.7 Å². The Morgan fingerprint density at radius 2 is 1.83 bits per heavy atom. The predicted molar refractivity (Wildman–Crippen MR) is 76.3 cm³/mol. The van der Waals surface area contributed by atoms with Gasteiger partial charge in [-0.25, -0.2) is 18.7 Å². The van der Waals surface area contributed by atoms with Gasteiger partial charge in [-0.3, -0.25) is 0 Å². The second-order valence-electron chi connectivity index (χ2n) is 5.56. The van der Waals surface area contributed by atoms with Gasteiger partial charge in [-0.15, -0.1) is 0 Å². The molecule has 5 nitrogen and oxygen atoms in total. The molecule has 0 N–H and O–H groups in total. The first-order chi connectivity index (χ1) is 11.2. The van der Waals surface area contributed by atoms with E-state index in [0.29, 0.717) is 30.1 Å². The van der Waals surface area contributed by atoms with E-state index in [1.807, 2.05) is 0 Å². The maximum absolute atomic E-state index is 14.2. The van der Waals surface area contributed by atoms with E-state index in [-0.39, 0.29) is 5.82 Å². The molecule has 0 bridgehead atoms. The number of hydrogen-bond donors (Lipinski definition) is 0. The van der Waals surface area contributed by atoms with Gasteiger partial charge in [0.15, 0.2) is 0 Å². The zero-order valence-electron chi connectivity index (χ0n) is 12.0. The highest BCUT2D eigenvalue weighted by molar-refractivity contribution is 5.43. The summed E-state index contributed by atoms with van der Waals surface area (Å²) >= 11 is 0. The van der Waals surface area contributed by atoms with Crippen LogP contribution >= 0.6 is 0 Å². The lowest BCUT2D eigenvalue weighted by molar-refractivity contribution is 0.211. The Morgan fingerprint density at radius 1 is 1.04 bits per heavy atom. The summed E-state index contributed by atoms with van der Waals surface area (Å²) in [6, 6.07) is 5.27. The Labute approximate surface area is 130 Å². The summed E-state index contributed by atoms with van der Waals surface area (Å²) in [5.41, 5.74) is -0.313. The third-order valence-corrected chi connectivity index (χ3v) is 4.25. The largest absolute Gasteiger partial charge is 0.338 e. The number of rotatable bonds is 3. The lowest BCUT2D eigenvalue weighted by Gasteiger charge is -2.38. The highest BCUT2D eigenvalue weighted by atomic mass is 19.1. The molecule has 0 saturated heterocycles. The van der Waals surface area contributed by atoms with Crippen molar-refractivity contribution in [1.29, 1.82) is 0 Å². The summed E-state index contributed by atoms with van der Waals surface area (Å²) in [4.78, 5) is 12.5. The van der Waals surface area contributed by atoms with Gasteiger partial charge in [0.25, 0.3) is 0 Å². The van der Waals surface area contributed by atoms with Crippen molar-refractivity contribution in [1.82, 2.24) is 20.1 Å². The van der Waals surface area contributed by atoms with Gasteiger partial charge < -0.3 is 4.52 Å². The van der Waals surface area contributed by atoms with Crippen LogP contribution in [0.3, 0.4) is 0 Å². The molecule has 0 spiro atoms. The highest BCUT2D eigenvalue weighted by Crippen LogP contribution is 2.49. The second kappa shape index (κ2) is 5.19. The molecule has 0 amide bonds. The molecule has 1 aromatic carbocycles. The van der Waals surface area contributed by atoms with Gasteiger partial charge in [-0.05, 0) is 25.0 Å². The Hall–Kier alpha value is -2.70. The monoisotopic (exact) mass is 314 g/mol. The van der Waals surface area contributed by atoms with Crippen LogP contribution in [0.15, 0.2) is 41.2 Å². The minimum atomic E-state index is -0.697. The number of benzene rings is 1. The number of aromatic nitrogens is 4. The van der Waals surface area contributed by atoms with E-state index in [1.54, 1.807) is 18.5 Å². The zero-order valence-corrected chi connectivity index (χ0v) is 12.0. The molecule has 0 radical (unpaired) electrons. The molecular weight excluding hydrogens is 302 g/mol. The summed E-state index contributed by atoms with van der Waals surface area (Å²) in [5, 5.41) is 3.90.